The standard InChI is InChI=1S/C17H25BrN2O2/c1-12-10-19(16(21)22-17(3,4)5)11-13(2)20(12)15-8-6-7-14(18)9-15/h6-9,12-13H,10-11H2,1-5H3. The molecule has 1 aromatic rings. The first-order chi connectivity index (χ1) is 10.2. The number of carbonyl (C=O) groups excluding carboxylic acids is 1. The lowest BCUT2D eigenvalue weighted by atomic mass is 10.1. The maximum absolute atomic E-state index is 12.3. The number of halogens is 1. The highest BCUT2D eigenvalue weighted by atomic mass is 79.9. The fourth-order valence-corrected chi connectivity index (χ4v) is 3.33. The molecule has 0 spiro atoms. The zero-order valence-corrected chi connectivity index (χ0v) is 15.6. The van der Waals surface area contributed by atoms with Crippen molar-refractivity contribution in [3.05, 3.63) is 28.7 Å². The monoisotopic (exact) mass is 368 g/mol. The number of hydrogen-bond donors (Lipinski definition) is 0. The van der Waals surface area contributed by atoms with Crippen molar-refractivity contribution < 1.29 is 9.53 Å². The quantitative estimate of drug-likeness (QED) is 0.741. The van der Waals surface area contributed by atoms with E-state index >= 15 is 0 Å². The van der Waals surface area contributed by atoms with E-state index in [0.29, 0.717) is 13.1 Å². The van der Waals surface area contributed by atoms with E-state index in [1.165, 1.54) is 5.69 Å². The average molecular weight is 369 g/mol. The Morgan fingerprint density at radius 3 is 2.32 bits per heavy atom. The van der Waals surface area contributed by atoms with Crippen molar-refractivity contribution >= 4 is 27.7 Å². The Bertz CT molecular complexity index is 530. The van der Waals surface area contributed by atoms with E-state index < -0.39 is 5.60 Å². The Balaban J connectivity index is 2.11. The zero-order valence-electron chi connectivity index (χ0n) is 14.0. The molecule has 0 aromatic heterocycles. The number of piperazine rings is 1. The van der Waals surface area contributed by atoms with Crippen LogP contribution < -0.4 is 4.90 Å². The third-order valence-electron chi connectivity index (χ3n) is 3.68. The maximum Gasteiger partial charge on any atom is 0.410 e. The lowest BCUT2D eigenvalue weighted by Crippen LogP contribution is -2.58. The van der Waals surface area contributed by atoms with Crippen molar-refractivity contribution in [3.63, 3.8) is 0 Å². The smallest absolute Gasteiger partial charge is 0.410 e. The van der Waals surface area contributed by atoms with Crippen molar-refractivity contribution in [1.82, 2.24) is 4.90 Å². The third kappa shape index (κ3) is 4.15. The van der Waals surface area contributed by atoms with Crippen LogP contribution in [0.5, 0.6) is 0 Å². The lowest BCUT2D eigenvalue weighted by molar-refractivity contribution is 0.0193. The first kappa shape index (κ1) is 17.1. The van der Waals surface area contributed by atoms with E-state index in [1.54, 1.807) is 0 Å². The molecule has 0 N–H and O–H groups in total. The first-order valence-electron chi connectivity index (χ1n) is 7.69. The summed E-state index contributed by atoms with van der Waals surface area (Å²) in [6, 6.07) is 8.78. The molecule has 22 heavy (non-hydrogen) atoms. The van der Waals surface area contributed by atoms with Crippen LogP contribution in [0, 0.1) is 0 Å². The normalized spacial score (nSPS) is 22.6. The van der Waals surface area contributed by atoms with Crippen LogP contribution in [0.4, 0.5) is 10.5 Å². The number of carbonyl (C=O) groups is 1. The summed E-state index contributed by atoms with van der Waals surface area (Å²) in [7, 11) is 0. The zero-order chi connectivity index (χ0) is 16.5. The number of ether oxygens (including phenoxy) is 1. The summed E-state index contributed by atoms with van der Waals surface area (Å²) in [5, 5.41) is 0. The number of nitrogens with zero attached hydrogens (tertiary/aromatic N) is 2. The largest absolute Gasteiger partial charge is 0.444 e. The van der Waals surface area contributed by atoms with Gasteiger partial charge in [-0.05, 0) is 52.8 Å². The highest BCUT2D eigenvalue weighted by Gasteiger charge is 2.34. The fraction of sp³-hybridized carbons (Fsp3) is 0.588. The second-order valence-corrected chi connectivity index (χ2v) is 7.89. The Morgan fingerprint density at radius 1 is 1.23 bits per heavy atom. The van der Waals surface area contributed by atoms with Crippen molar-refractivity contribution in [2.24, 2.45) is 0 Å². The molecule has 0 radical (unpaired) electrons. The van der Waals surface area contributed by atoms with Gasteiger partial charge >= 0.3 is 6.09 Å². The number of anilines is 1. The Morgan fingerprint density at radius 2 is 1.82 bits per heavy atom. The Kier molecular flexibility index (Phi) is 5.05. The number of amides is 1. The summed E-state index contributed by atoms with van der Waals surface area (Å²) in [5.74, 6) is 0. The number of hydrogen-bond acceptors (Lipinski definition) is 3. The van der Waals surface area contributed by atoms with E-state index in [0.717, 1.165) is 4.47 Å². The van der Waals surface area contributed by atoms with E-state index in [9.17, 15) is 4.79 Å². The van der Waals surface area contributed by atoms with Crippen LogP contribution in [-0.2, 0) is 4.74 Å². The predicted molar refractivity (Wildman–Crippen MR) is 93.4 cm³/mol. The molecule has 1 heterocycles. The van der Waals surface area contributed by atoms with Crippen molar-refractivity contribution in [3.8, 4) is 0 Å². The molecular weight excluding hydrogens is 344 g/mol. The van der Waals surface area contributed by atoms with Gasteiger partial charge < -0.3 is 14.5 Å². The summed E-state index contributed by atoms with van der Waals surface area (Å²) < 4.78 is 6.56. The van der Waals surface area contributed by atoms with Gasteiger partial charge in [0.25, 0.3) is 0 Å². The maximum atomic E-state index is 12.3. The molecule has 1 amide bonds. The summed E-state index contributed by atoms with van der Waals surface area (Å²) in [6.07, 6.45) is -0.222. The van der Waals surface area contributed by atoms with E-state index in [1.807, 2.05) is 37.8 Å². The third-order valence-corrected chi connectivity index (χ3v) is 4.17. The van der Waals surface area contributed by atoms with Gasteiger partial charge in [0.2, 0.25) is 0 Å². The molecule has 0 aliphatic carbocycles. The molecule has 122 valence electrons. The number of benzene rings is 1. The topological polar surface area (TPSA) is 32.8 Å². The second-order valence-electron chi connectivity index (χ2n) is 6.97. The molecule has 2 atom stereocenters. The van der Waals surface area contributed by atoms with Crippen LogP contribution in [0.1, 0.15) is 34.6 Å². The summed E-state index contributed by atoms with van der Waals surface area (Å²) in [4.78, 5) is 16.5. The predicted octanol–water partition coefficient (Wildman–Crippen LogP) is 4.28. The summed E-state index contributed by atoms with van der Waals surface area (Å²) >= 11 is 3.53. The Hall–Kier alpha value is -1.23. The Labute approximate surface area is 141 Å². The second kappa shape index (κ2) is 6.49. The van der Waals surface area contributed by atoms with Crippen LogP contribution in [0.3, 0.4) is 0 Å². The van der Waals surface area contributed by atoms with E-state index in [2.05, 4.69) is 46.8 Å². The molecule has 2 unspecified atom stereocenters. The molecule has 0 saturated carbocycles. The van der Waals surface area contributed by atoms with Gasteiger partial charge in [0.05, 0.1) is 0 Å². The average Bonchev–Trinajstić information content (AvgIpc) is 2.35. The molecule has 1 fully saturated rings. The van der Waals surface area contributed by atoms with E-state index in [-0.39, 0.29) is 18.2 Å². The van der Waals surface area contributed by atoms with Gasteiger partial charge in [0.15, 0.2) is 0 Å². The molecule has 1 aromatic carbocycles. The molecule has 1 aliphatic rings. The van der Waals surface area contributed by atoms with Gasteiger partial charge in [-0.25, -0.2) is 4.79 Å². The molecule has 4 nitrogen and oxygen atoms in total. The molecule has 2 rings (SSSR count). The van der Waals surface area contributed by atoms with Crippen molar-refractivity contribution in [1.29, 1.82) is 0 Å². The molecule has 1 saturated heterocycles. The van der Waals surface area contributed by atoms with Crippen LogP contribution in [-0.4, -0.2) is 41.8 Å². The SMILES string of the molecule is CC1CN(C(=O)OC(C)(C)C)CC(C)N1c1cccc(Br)c1. The van der Waals surface area contributed by atoms with Crippen LogP contribution in [0.2, 0.25) is 0 Å². The van der Waals surface area contributed by atoms with Gasteiger partial charge in [0, 0.05) is 35.3 Å². The lowest BCUT2D eigenvalue weighted by Gasteiger charge is -2.45. The minimum Gasteiger partial charge on any atom is -0.444 e. The first-order valence-corrected chi connectivity index (χ1v) is 8.48. The van der Waals surface area contributed by atoms with Gasteiger partial charge in [-0.2, -0.15) is 0 Å². The van der Waals surface area contributed by atoms with Gasteiger partial charge in [-0.15, -0.1) is 0 Å². The number of rotatable bonds is 1. The highest BCUT2D eigenvalue weighted by molar-refractivity contribution is 9.10. The van der Waals surface area contributed by atoms with Crippen LogP contribution >= 0.6 is 15.9 Å². The van der Waals surface area contributed by atoms with Crippen LogP contribution in [0.15, 0.2) is 28.7 Å². The molecule has 1 aliphatic heterocycles. The minimum atomic E-state index is -0.453. The summed E-state index contributed by atoms with van der Waals surface area (Å²) in [6.45, 7) is 11.3. The molecule has 5 heteroatoms. The molecular formula is C17H25BrN2O2. The van der Waals surface area contributed by atoms with E-state index in [4.69, 9.17) is 4.74 Å². The highest BCUT2D eigenvalue weighted by Crippen LogP contribution is 2.27. The fourth-order valence-electron chi connectivity index (χ4n) is 2.94. The van der Waals surface area contributed by atoms with Gasteiger partial charge in [0.1, 0.15) is 5.60 Å². The van der Waals surface area contributed by atoms with Gasteiger partial charge in [-0.3, -0.25) is 0 Å². The van der Waals surface area contributed by atoms with Crippen molar-refractivity contribution in [2.75, 3.05) is 18.0 Å². The van der Waals surface area contributed by atoms with Crippen molar-refractivity contribution in [2.45, 2.75) is 52.3 Å². The minimum absolute atomic E-state index is 0.222. The van der Waals surface area contributed by atoms with Crippen LogP contribution in [0.25, 0.3) is 0 Å². The summed E-state index contributed by atoms with van der Waals surface area (Å²) in [5.41, 5.74) is 0.726. The molecule has 0 bridgehead atoms. The van der Waals surface area contributed by atoms with Gasteiger partial charge in [-0.1, -0.05) is 22.0 Å².